The fraction of sp³-hybridized carbons (Fsp3) is 0.250. The standard InChI is InChI=1S/C8H8O4/c1-12-8(11)6(9)4-2-3-5-7(8)10/h2-5,11H,1H3. The SMILES string of the molecule is COC1(O)C(=O)C=CC=CC1=O. The maximum Gasteiger partial charge on any atom is 0.295 e. The van der Waals surface area contributed by atoms with Crippen molar-refractivity contribution in [3.63, 3.8) is 0 Å². The molecule has 0 radical (unpaired) electrons. The van der Waals surface area contributed by atoms with Gasteiger partial charge < -0.3 is 9.84 Å². The summed E-state index contributed by atoms with van der Waals surface area (Å²) in [4.78, 5) is 22.1. The van der Waals surface area contributed by atoms with Crippen LogP contribution in [0.2, 0.25) is 0 Å². The molecule has 1 N–H and O–H groups in total. The van der Waals surface area contributed by atoms with Crippen LogP contribution in [-0.4, -0.2) is 29.6 Å². The third-order valence-electron chi connectivity index (χ3n) is 1.57. The number of methoxy groups -OCH3 is 1. The Labute approximate surface area is 69.1 Å². The van der Waals surface area contributed by atoms with E-state index in [0.717, 1.165) is 19.3 Å². The third-order valence-corrected chi connectivity index (χ3v) is 1.57. The van der Waals surface area contributed by atoms with E-state index in [1.165, 1.54) is 12.2 Å². The first-order valence-corrected chi connectivity index (χ1v) is 3.32. The van der Waals surface area contributed by atoms with E-state index in [1.54, 1.807) is 0 Å². The maximum atomic E-state index is 11.1. The Morgan fingerprint density at radius 3 is 2.00 bits per heavy atom. The van der Waals surface area contributed by atoms with Crippen LogP contribution in [0.15, 0.2) is 24.3 Å². The molecule has 0 saturated heterocycles. The van der Waals surface area contributed by atoms with Crippen LogP contribution in [0, 0.1) is 0 Å². The van der Waals surface area contributed by atoms with Crippen molar-refractivity contribution in [1.29, 1.82) is 0 Å². The van der Waals surface area contributed by atoms with Crippen LogP contribution in [0.3, 0.4) is 0 Å². The van der Waals surface area contributed by atoms with Gasteiger partial charge in [-0.05, 0) is 12.2 Å². The van der Waals surface area contributed by atoms with E-state index in [2.05, 4.69) is 4.74 Å². The highest BCUT2D eigenvalue weighted by atomic mass is 16.6. The van der Waals surface area contributed by atoms with Crippen molar-refractivity contribution in [2.45, 2.75) is 5.79 Å². The molecule has 1 aliphatic carbocycles. The zero-order valence-corrected chi connectivity index (χ0v) is 6.48. The van der Waals surface area contributed by atoms with Crippen molar-refractivity contribution < 1.29 is 19.4 Å². The van der Waals surface area contributed by atoms with E-state index in [0.29, 0.717) is 0 Å². The Hall–Kier alpha value is -1.26. The number of hydrogen-bond acceptors (Lipinski definition) is 4. The molecule has 0 fully saturated rings. The van der Waals surface area contributed by atoms with Crippen molar-refractivity contribution in [2.24, 2.45) is 0 Å². The van der Waals surface area contributed by atoms with Gasteiger partial charge >= 0.3 is 0 Å². The lowest BCUT2D eigenvalue weighted by atomic mass is 10.1. The smallest absolute Gasteiger partial charge is 0.295 e. The summed E-state index contributed by atoms with van der Waals surface area (Å²) in [6.07, 6.45) is 4.92. The fourth-order valence-corrected chi connectivity index (χ4v) is 0.834. The molecule has 4 nitrogen and oxygen atoms in total. The Bertz CT molecular complexity index is 251. The van der Waals surface area contributed by atoms with Crippen LogP contribution in [0.5, 0.6) is 0 Å². The van der Waals surface area contributed by atoms with Gasteiger partial charge in [0.15, 0.2) is 0 Å². The summed E-state index contributed by atoms with van der Waals surface area (Å²) in [5.74, 6) is -3.86. The van der Waals surface area contributed by atoms with Crippen molar-refractivity contribution in [3.8, 4) is 0 Å². The van der Waals surface area contributed by atoms with E-state index in [-0.39, 0.29) is 0 Å². The topological polar surface area (TPSA) is 63.6 Å². The van der Waals surface area contributed by atoms with E-state index >= 15 is 0 Å². The summed E-state index contributed by atoms with van der Waals surface area (Å²) in [6.45, 7) is 0. The molecule has 0 saturated carbocycles. The largest absolute Gasteiger partial charge is 0.353 e. The Morgan fingerprint density at radius 2 is 1.67 bits per heavy atom. The molecule has 0 unspecified atom stereocenters. The van der Waals surface area contributed by atoms with E-state index in [9.17, 15) is 14.7 Å². The Kier molecular flexibility index (Phi) is 2.21. The average Bonchev–Trinajstić information content (AvgIpc) is 2.19. The molecule has 12 heavy (non-hydrogen) atoms. The molecule has 0 aromatic heterocycles. The molecule has 4 heteroatoms. The summed E-state index contributed by atoms with van der Waals surface area (Å²) in [6, 6.07) is 0. The number of rotatable bonds is 1. The second kappa shape index (κ2) is 3.00. The predicted octanol–water partition coefficient (Wildman–Crippen LogP) is -0.414. The summed E-state index contributed by atoms with van der Waals surface area (Å²) in [5.41, 5.74) is 0. The minimum Gasteiger partial charge on any atom is -0.353 e. The fourth-order valence-electron chi connectivity index (χ4n) is 0.834. The number of carbonyl (C=O) groups excluding carboxylic acids is 2. The molecule has 1 aliphatic rings. The quantitative estimate of drug-likeness (QED) is 0.427. The molecule has 0 amide bonds. The van der Waals surface area contributed by atoms with Crippen LogP contribution in [0.1, 0.15) is 0 Å². The summed E-state index contributed by atoms with van der Waals surface area (Å²) >= 11 is 0. The Morgan fingerprint density at radius 1 is 1.25 bits per heavy atom. The minimum atomic E-state index is -2.33. The first-order chi connectivity index (χ1) is 5.61. The molecular weight excluding hydrogens is 160 g/mol. The number of hydrogen-bond donors (Lipinski definition) is 1. The lowest BCUT2D eigenvalue weighted by Gasteiger charge is -2.18. The molecule has 0 bridgehead atoms. The number of carbonyl (C=O) groups is 2. The second-order valence-electron chi connectivity index (χ2n) is 2.29. The van der Waals surface area contributed by atoms with Gasteiger partial charge in [-0.3, -0.25) is 9.59 Å². The predicted molar refractivity (Wildman–Crippen MR) is 40.3 cm³/mol. The van der Waals surface area contributed by atoms with Gasteiger partial charge in [0.05, 0.1) is 0 Å². The van der Waals surface area contributed by atoms with Gasteiger partial charge in [-0.1, -0.05) is 12.2 Å². The molecule has 0 spiro atoms. The molecule has 0 atom stereocenters. The second-order valence-corrected chi connectivity index (χ2v) is 2.29. The number of aliphatic hydroxyl groups is 1. The monoisotopic (exact) mass is 168 g/mol. The highest BCUT2D eigenvalue weighted by Crippen LogP contribution is 2.13. The van der Waals surface area contributed by atoms with Crippen LogP contribution >= 0.6 is 0 Å². The van der Waals surface area contributed by atoms with E-state index in [4.69, 9.17) is 0 Å². The molecule has 0 heterocycles. The van der Waals surface area contributed by atoms with Crippen molar-refractivity contribution >= 4 is 11.6 Å². The molecule has 0 aromatic rings. The highest BCUT2D eigenvalue weighted by Gasteiger charge is 2.41. The Balaban J connectivity index is 3.10. The van der Waals surface area contributed by atoms with Gasteiger partial charge in [0.25, 0.3) is 5.79 Å². The van der Waals surface area contributed by atoms with Crippen LogP contribution < -0.4 is 0 Å². The highest BCUT2D eigenvalue weighted by molar-refractivity contribution is 6.17. The van der Waals surface area contributed by atoms with Crippen molar-refractivity contribution in [3.05, 3.63) is 24.3 Å². The first-order valence-electron chi connectivity index (χ1n) is 3.32. The summed E-state index contributed by atoms with van der Waals surface area (Å²) < 4.78 is 4.44. The molecular formula is C8H8O4. The number of ketones is 2. The molecule has 64 valence electrons. The zero-order chi connectivity index (χ0) is 9.19. The van der Waals surface area contributed by atoms with Gasteiger partial charge in [-0.25, -0.2) is 0 Å². The van der Waals surface area contributed by atoms with E-state index < -0.39 is 17.4 Å². The number of allylic oxidation sites excluding steroid dienone is 2. The van der Waals surface area contributed by atoms with Crippen molar-refractivity contribution in [1.82, 2.24) is 0 Å². The van der Waals surface area contributed by atoms with Gasteiger partial charge in [-0.15, -0.1) is 0 Å². The molecule has 1 rings (SSSR count). The van der Waals surface area contributed by atoms with Crippen LogP contribution in [0.4, 0.5) is 0 Å². The summed E-state index contributed by atoms with van der Waals surface area (Å²) in [7, 11) is 1.10. The van der Waals surface area contributed by atoms with Gasteiger partial charge in [0, 0.05) is 7.11 Å². The third kappa shape index (κ3) is 1.22. The zero-order valence-electron chi connectivity index (χ0n) is 6.48. The van der Waals surface area contributed by atoms with Gasteiger partial charge in [-0.2, -0.15) is 0 Å². The first kappa shape index (κ1) is 8.83. The summed E-state index contributed by atoms with van der Waals surface area (Å²) in [5, 5.41) is 9.37. The van der Waals surface area contributed by atoms with E-state index in [1.807, 2.05) is 0 Å². The minimum absolute atomic E-state index is 0.764. The lowest BCUT2D eigenvalue weighted by Crippen LogP contribution is -2.46. The maximum absolute atomic E-state index is 11.1. The van der Waals surface area contributed by atoms with Crippen molar-refractivity contribution in [2.75, 3.05) is 7.11 Å². The molecule has 0 aromatic carbocycles. The van der Waals surface area contributed by atoms with Gasteiger partial charge in [0.1, 0.15) is 0 Å². The van der Waals surface area contributed by atoms with Gasteiger partial charge in [0.2, 0.25) is 11.6 Å². The normalized spacial score (nSPS) is 21.2. The average molecular weight is 168 g/mol. The van der Waals surface area contributed by atoms with Crippen LogP contribution in [-0.2, 0) is 14.3 Å². The van der Waals surface area contributed by atoms with Crippen LogP contribution in [0.25, 0.3) is 0 Å². The molecule has 0 aliphatic heterocycles. The lowest BCUT2D eigenvalue weighted by molar-refractivity contribution is -0.191. The number of ether oxygens (including phenoxy) is 1.